The van der Waals surface area contributed by atoms with Crippen LogP contribution in [0.4, 0.5) is 4.79 Å². The molecule has 1 unspecified atom stereocenters. The molecule has 2 aliphatic rings. The number of ether oxygens (including phenoxy) is 1. The molecule has 2 saturated heterocycles. The van der Waals surface area contributed by atoms with Gasteiger partial charge in [0.25, 0.3) is 0 Å². The van der Waals surface area contributed by atoms with E-state index in [0.717, 1.165) is 44.6 Å². The molecular weight excluding hydrogens is 328 g/mol. The molecule has 6 nitrogen and oxygen atoms in total. The van der Waals surface area contributed by atoms with Crippen molar-refractivity contribution in [2.45, 2.75) is 39.0 Å². The Balaban J connectivity index is 1.31. The van der Waals surface area contributed by atoms with Gasteiger partial charge in [0.2, 0.25) is 0 Å². The van der Waals surface area contributed by atoms with Gasteiger partial charge in [-0.2, -0.15) is 5.10 Å². The van der Waals surface area contributed by atoms with Gasteiger partial charge >= 0.3 is 6.09 Å². The highest BCUT2D eigenvalue weighted by Gasteiger charge is 2.49. The van der Waals surface area contributed by atoms with Crippen LogP contribution >= 0.6 is 0 Å². The number of hydrogen-bond acceptors (Lipinski definition) is 4. The van der Waals surface area contributed by atoms with E-state index in [1.54, 1.807) is 0 Å². The van der Waals surface area contributed by atoms with Gasteiger partial charge in [0.05, 0.1) is 6.20 Å². The molecule has 1 spiro atoms. The molecule has 0 aliphatic carbocycles. The quantitative estimate of drug-likeness (QED) is 0.917. The third-order valence-electron chi connectivity index (χ3n) is 5.80. The molecular formula is C20H26N4O2. The van der Waals surface area contributed by atoms with E-state index in [1.807, 2.05) is 46.1 Å². The predicted octanol–water partition coefficient (Wildman–Crippen LogP) is 2.97. The number of carbonyl (C=O) groups excluding carboxylic acids is 1. The molecule has 1 atom stereocenters. The number of rotatable bonds is 4. The Morgan fingerprint density at radius 1 is 1.31 bits per heavy atom. The van der Waals surface area contributed by atoms with Crippen molar-refractivity contribution in [3.8, 4) is 0 Å². The van der Waals surface area contributed by atoms with Crippen LogP contribution in [0.25, 0.3) is 0 Å². The zero-order chi connectivity index (χ0) is 18.0. The SMILES string of the molecule is CCn1cc(C2NCC23CCN(C(=O)OCc2ccccc2)CC3)cn1. The second-order valence-electron chi connectivity index (χ2n) is 7.33. The van der Waals surface area contributed by atoms with E-state index >= 15 is 0 Å². The normalized spacial score (nSPS) is 21.4. The molecule has 1 aromatic carbocycles. The number of hydrogen-bond donors (Lipinski definition) is 1. The average Bonchev–Trinajstić information content (AvgIpc) is 3.14. The number of nitrogens with one attached hydrogen (secondary N) is 1. The second-order valence-corrected chi connectivity index (χ2v) is 7.33. The molecule has 1 aromatic heterocycles. The van der Waals surface area contributed by atoms with Gasteiger partial charge in [0, 0.05) is 49.4 Å². The van der Waals surface area contributed by atoms with Gasteiger partial charge in [-0.1, -0.05) is 30.3 Å². The first-order chi connectivity index (χ1) is 12.7. The molecule has 6 heteroatoms. The molecule has 0 bridgehead atoms. The van der Waals surface area contributed by atoms with Crippen molar-refractivity contribution >= 4 is 6.09 Å². The highest BCUT2D eigenvalue weighted by molar-refractivity contribution is 5.67. The summed E-state index contributed by atoms with van der Waals surface area (Å²) in [5, 5.41) is 7.97. The molecule has 4 rings (SSSR count). The lowest BCUT2D eigenvalue weighted by molar-refractivity contribution is 0.0000497. The summed E-state index contributed by atoms with van der Waals surface area (Å²) >= 11 is 0. The standard InChI is InChI=1S/C20H26N4O2/c1-2-24-13-17(12-22-24)18-20(15-21-18)8-10-23(11-9-20)19(25)26-14-16-6-4-3-5-7-16/h3-7,12-13,18,21H,2,8-11,14-15H2,1H3. The van der Waals surface area contributed by atoms with Crippen molar-refractivity contribution in [1.82, 2.24) is 20.0 Å². The number of amides is 1. The van der Waals surface area contributed by atoms with E-state index in [4.69, 9.17) is 4.74 Å². The van der Waals surface area contributed by atoms with Crippen LogP contribution in [0.5, 0.6) is 0 Å². The summed E-state index contributed by atoms with van der Waals surface area (Å²) in [6.07, 6.45) is 5.92. The van der Waals surface area contributed by atoms with E-state index in [9.17, 15) is 4.79 Å². The van der Waals surface area contributed by atoms with Gasteiger partial charge in [0.15, 0.2) is 0 Å². The van der Waals surface area contributed by atoms with Gasteiger partial charge in [-0.05, 0) is 25.3 Å². The number of carbonyl (C=O) groups is 1. The molecule has 3 heterocycles. The largest absolute Gasteiger partial charge is 0.445 e. The lowest BCUT2D eigenvalue weighted by Crippen LogP contribution is -2.60. The Morgan fingerprint density at radius 2 is 2.08 bits per heavy atom. The molecule has 26 heavy (non-hydrogen) atoms. The van der Waals surface area contributed by atoms with E-state index in [1.165, 1.54) is 5.56 Å². The first kappa shape index (κ1) is 17.1. The summed E-state index contributed by atoms with van der Waals surface area (Å²) in [5.74, 6) is 0. The minimum atomic E-state index is -0.202. The summed E-state index contributed by atoms with van der Waals surface area (Å²) in [5.41, 5.74) is 2.53. The maximum absolute atomic E-state index is 12.4. The van der Waals surface area contributed by atoms with Crippen molar-refractivity contribution in [3.63, 3.8) is 0 Å². The van der Waals surface area contributed by atoms with Crippen LogP contribution in [0.3, 0.4) is 0 Å². The van der Waals surface area contributed by atoms with Crippen molar-refractivity contribution in [3.05, 3.63) is 53.9 Å². The Bertz CT molecular complexity index is 750. The zero-order valence-electron chi connectivity index (χ0n) is 15.2. The van der Waals surface area contributed by atoms with Gasteiger partial charge < -0.3 is 15.0 Å². The number of nitrogens with zero attached hydrogens (tertiary/aromatic N) is 3. The fourth-order valence-electron chi connectivity index (χ4n) is 4.08. The van der Waals surface area contributed by atoms with Crippen LogP contribution in [-0.4, -0.2) is 40.4 Å². The third-order valence-corrected chi connectivity index (χ3v) is 5.80. The minimum absolute atomic E-state index is 0.202. The smallest absolute Gasteiger partial charge is 0.410 e. The van der Waals surface area contributed by atoms with Crippen molar-refractivity contribution in [2.75, 3.05) is 19.6 Å². The Kier molecular flexibility index (Phi) is 4.68. The molecule has 0 saturated carbocycles. The Labute approximate surface area is 154 Å². The number of benzene rings is 1. The number of aromatic nitrogens is 2. The number of piperidine rings is 1. The molecule has 138 valence electrons. The average molecular weight is 354 g/mol. The second kappa shape index (κ2) is 7.11. The molecule has 2 fully saturated rings. The Morgan fingerprint density at radius 3 is 2.69 bits per heavy atom. The monoisotopic (exact) mass is 354 g/mol. The summed E-state index contributed by atoms with van der Waals surface area (Å²) in [7, 11) is 0. The summed E-state index contributed by atoms with van der Waals surface area (Å²) in [6.45, 7) is 5.85. The highest BCUT2D eigenvalue weighted by Crippen LogP contribution is 2.48. The minimum Gasteiger partial charge on any atom is -0.445 e. The van der Waals surface area contributed by atoms with E-state index in [2.05, 4.69) is 23.5 Å². The maximum atomic E-state index is 12.4. The van der Waals surface area contributed by atoms with Crippen LogP contribution in [-0.2, 0) is 17.9 Å². The van der Waals surface area contributed by atoms with Crippen LogP contribution in [0.2, 0.25) is 0 Å². The van der Waals surface area contributed by atoms with Gasteiger partial charge in [-0.25, -0.2) is 4.79 Å². The summed E-state index contributed by atoms with van der Waals surface area (Å²) in [6, 6.07) is 10.2. The van der Waals surface area contributed by atoms with Gasteiger partial charge in [-0.15, -0.1) is 0 Å². The van der Waals surface area contributed by atoms with Crippen molar-refractivity contribution < 1.29 is 9.53 Å². The molecule has 2 aliphatic heterocycles. The first-order valence-electron chi connectivity index (χ1n) is 9.41. The Hall–Kier alpha value is -2.34. The lowest BCUT2D eigenvalue weighted by atomic mass is 9.65. The highest BCUT2D eigenvalue weighted by atomic mass is 16.6. The van der Waals surface area contributed by atoms with Gasteiger partial charge in [-0.3, -0.25) is 4.68 Å². The molecule has 0 radical (unpaired) electrons. The third kappa shape index (κ3) is 3.21. The maximum Gasteiger partial charge on any atom is 0.410 e. The fourth-order valence-corrected chi connectivity index (χ4v) is 4.08. The van der Waals surface area contributed by atoms with Crippen molar-refractivity contribution in [2.24, 2.45) is 5.41 Å². The molecule has 1 amide bonds. The topological polar surface area (TPSA) is 59.4 Å². The lowest BCUT2D eigenvalue weighted by Gasteiger charge is -2.54. The molecule has 2 aromatic rings. The van der Waals surface area contributed by atoms with Crippen molar-refractivity contribution in [1.29, 1.82) is 0 Å². The van der Waals surface area contributed by atoms with Crippen LogP contribution < -0.4 is 5.32 Å². The predicted molar refractivity (Wildman–Crippen MR) is 98.5 cm³/mol. The summed E-state index contributed by atoms with van der Waals surface area (Å²) < 4.78 is 7.45. The first-order valence-corrected chi connectivity index (χ1v) is 9.41. The van der Waals surface area contributed by atoms with Crippen LogP contribution in [0, 0.1) is 5.41 Å². The number of aryl methyl sites for hydroxylation is 1. The van der Waals surface area contributed by atoms with E-state index in [0.29, 0.717) is 12.6 Å². The zero-order valence-corrected chi connectivity index (χ0v) is 15.2. The summed E-state index contributed by atoms with van der Waals surface area (Å²) in [4.78, 5) is 14.2. The van der Waals surface area contributed by atoms with Crippen LogP contribution in [0.15, 0.2) is 42.7 Å². The number of likely N-dealkylation sites (tertiary alicyclic amines) is 1. The van der Waals surface area contributed by atoms with E-state index < -0.39 is 0 Å². The van der Waals surface area contributed by atoms with Crippen LogP contribution in [0.1, 0.15) is 36.9 Å². The molecule has 1 N–H and O–H groups in total. The fraction of sp³-hybridized carbons (Fsp3) is 0.500. The van der Waals surface area contributed by atoms with E-state index in [-0.39, 0.29) is 11.5 Å². The van der Waals surface area contributed by atoms with Gasteiger partial charge in [0.1, 0.15) is 6.61 Å².